The predicted octanol–water partition coefficient (Wildman–Crippen LogP) is 3.30. The Morgan fingerprint density at radius 3 is 2.75 bits per heavy atom. The molecule has 0 radical (unpaired) electrons. The summed E-state index contributed by atoms with van der Waals surface area (Å²) in [5.74, 6) is 1.47. The van der Waals surface area contributed by atoms with E-state index in [2.05, 4.69) is 47.9 Å². The van der Waals surface area contributed by atoms with E-state index in [1.165, 1.54) is 44.2 Å². The van der Waals surface area contributed by atoms with Crippen molar-refractivity contribution in [3.63, 3.8) is 0 Å². The van der Waals surface area contributed by atoms with Gasteiger partial charge in [-0.2, -0.15) is 0 Å². The topological polar surface area (TPSA) is 24.1 Å². The second-order valence-corrected chi connectivity index (χ2v) is 6.62. The summed E-state index contributed by atoms with van der Waals surface area (Å²) >= 11 is 0. The van der Waals surface area contributed by atoms with Crippen LogP contribution in [0.2, 0.25) is 0 Å². The predicted molar refractivity (Wildman–Crippen MR) is 85.0 cm³/mol. The molecule has 110 valence electrons. The minimum atomic E-state index is 0.606. The van der Waals surface area contributed by atoms with E-state index in [-0.39, 0.29) is 0 Å². The highest BCUT2D eigenvalue weighted by molar-refractivity contribution is 5.19. The molecule has 2 aliphatic rings. The molecule has 1 aromatic rings. The van der Waals surface area contributed by atoms with Crippen molar-refractivity contribution in [2.45, 2.75) is 57.0 Å². The van der Waals surface area contributed by atoms with Gasteiger partial charge in [0.05, 0.1) is 0 Å². The highest BCUT2D eigenvalue weighted by Gasteiger charge is 2.34. The first-order valence-corrected chi connectivity index (χ1v) is 8.36. The van der Waals surface area contributed by atoms with Gasteiger partial charge in [0.1, 0.15) is 0 Å². The quantitative estimate of drug-likeness (QED) is 0.859. The normalized spacial score (nSPS) is 31.6. The summed E-state index contributed by atoms with van der Waals surface area (Å²) in [4.78, 5) is 0. The zero-order valence-corrected chi connectivity index (χ0v) is 12.6. The smallest absolute Gasteiger partial charge is 0.0111 e. The van der Waals surface area contributed by atoms with Crippen LogP contribution >= 0.6 is 0 Å². The Bertz CT molecular complexity index is 397. The average Bonchev–Trinajstić information content (AvgIpc) is 3.16. The fourth-order valence-electron chi connectivity index (χ4n) is 4.03. The third-order valence-corrected chi connectivity index (χ3v) is 5.24. The summed E-state index contributed by atoms with van der Waals surface area (Å²) in [6, 6.07) is 12.4. The van der Waals surface area contributed by atoms with E-state index in [4.69, 9.17) is 0 Å². The molecular weight excluding hydrogens is 244 g/mol. The van der Waals surface area contributed by atoms with Crippen molar-refractivity contribution in [1.82, 2.24) is 10.6 Å². The molecule has 0 bridgehead atoms. The Kier molecular flexibility index (Phi) is 4.74. The molecule has 2 heteroatoms. The molecule has 2 fully saturated rings. The van der Waals surface area contributed by atoms with E-state index in [1.54, 1.807) is 0 Å². The van der Waals surface area contributed by atoms with Gasteiger partial charge >= 0.3 is 0 Å². The van der Waals surface area contributed by atoms with E-state index >= 15 is 0 Å². The molecule has 1 saturated carbocycles. The number of rotatable bonds is 5. The first kappa shape index (κ1) is 14.1. The molecule has 1 aromatic carbocycles. The molecule has 1 aliphatic carbocycles. The maximum atomic E-state index is 3.87. The van der Waals surface area contributed by atoms with Gasteiger partial charge < -0.3 is 10.6 Å². The van der Waals surface area contributed by atoms with Gasteiger partial charge in [-0.15, -0.1) is 0 Å². The Labute approximate surface area is 123 Å². The first-order valence-electron chi connectivity index (χ1n) is 8.36. The molecule has 1 aliphatic heterocycles. The third kappa shape index (κ3) is 3.24. The molecular formula is C18H28N2. The molecule has 1 saturated heterocycles. The third-order valence-electron chi connectivity index (χ3n) is 5.24. The molecule has 20 heavy (non-hydrogen) atoms. The first-order chi connectivity index (χ1) is 9.84. The molecule has 1 heterocycles. The standard InChI is InChI=1S/C18H28N2/c1-14(15-7-3-2-4-8-15)13-20-18-10-5-9-16(18)17-11-6-12-19-17/h2-4,7-8,14,16-20H,5-6,9-13H2,1H3. The van der Waals surface area contributed by atoms with Gasteiger partial charge in [-0.05, 0) is 49.6 Å². The highest BCUT2D eigenvalue weighted by Crippen LogP contribution is 2.32. The molecule has 0 amide bonds. The van der Waals surface area contributed by atoms with Crippen LogP contribution in [-0.4, -0.2) is 25.2 Å². The van der Waals surface area contributed by atoms with Gasteiger partial charge in [-0.25, -0.2) is 0 Å². The van der Waals surface area contributed by atoms with E-state index in [1.807, 2.05) is 0 Å². The van der Waals surface area contributed by atoms with Crippen LogP contribution in [0.5, 0.6) is 0 Å². The van der Waals surface area contributed by atoms with Crippen LogP contribution in [0, 0.1) is 5.92 Å². The minimum absolute atomic E-state index is 0.606. The summed E-state index contributed by atoms with van der Waals surface area (Å²) in [6.07, 6.45) is 6.94. The monoisotopic (exact) mass is 272 g/mol. The van der Waals surface area contributed by atoms with Crippen molar-refractivity contribution in [1.29, 1.82) is 0 Å². The van der Waals surface area contributed by atoms with Crippen molar-refractivity contribution in [3.05, 3.63) is 35.9 Å². The molecule has 0 aromatic heterocycles. The van der Waals surface area contributed by atoms with Crippen LogP contribution in [-0.2, 0) is 0 Å². The van der Waals surface area contributed by atoms with Gasteiger partial charge in [0.25, 0.3) is 0 Å². The minimum Gasteiger partial charge on any atom is -0.314 e. The van der Waals surface area contributed by atoms with Crippen LogP contribution in [0.25, 0.3) is 0 Å². The largest absolute Gasteiger partial charge is 0.314 e. The molecule has 2 N–H and O–H groups in total. The molecule has 3 rings (SSSR count). The van der Waals surface area contributed by atoms with Crippen molar-refractivity contribution in [2.75, 3.05) is 13.1 Å². The number of nitrogens with one attached hydrogen (secondary N) is 2. The van der Waals surface area contributed by atoms with Crippen molar-refractivity contribution < 1.29 is 0 Å². The van der Waals surface area contributed by atoms with Gasteiger partial charge in [-0.3, -0.25) is 0 Å². The van der Waals surface area contributed by atoms with Crippen LogP contribution < -0.4 is 10.6 Å². The van der Waals surface area contributed by atoms with Crippen molar-refractivity contribution in [2.24, 2.45) is 5.92 Å². The van der Waals surface area contributed by atoms with E-state index in [0.29, 0.717) is 5.92 Å². The zero-order valence-electron chi connectivity index (χ0n) is 12.6. The van der Waals surface area contributed by atoms with E-state index in [0.717, 1.165) is 24.5 Å². The Balaban J connectivity index is 1.52. The lowest BCUT2D eigenvalue weighted by molar-refractivity contribution is 0.318. The van der Waals surface area contributed by atoms with Gasteiger partial charge in [-0.1, -0.05) is 43.7 Å². The molecule has 2 nitrogen and oxygen atoms in total. The summed E-state index contributed by atoms with van der Waals surface area (Å²) < 4.78 is 0. The van der Waals surface area contributed by atoms with Crippen LogP contribution in [0.4, 0.5) is 0 Å². The fourth-order valence-corrected chi connectivity index (χ4v) is 4.03. The maximum absolute atomic E-state index is 3.87. The molecule has 4 atom stereocenters. The average molecular weight is 272 g/mol. The van der Waals surface area contributed by atoms with E-state index in [9.17, 15) is 0 Å². The second-order valence-electron chi connectivity index (χ2n) is 6.62. The summed E-state index contributed by atoms with van der Waals surface area (Å²) in [6.45, 7) is 4.67. The van der Waals surface area contributed by atoms with Gasteiger partial charge in [0.2, 0.25) is 0 Å². The fraction of sp³-hybridized carbons (Fsp3) is 0.667. The van der Waals surface area contributed by atoms with Crippen LogP contribution in [0.15, 0.2) is 30.3 Å². The number of hydrogen-bond donors (Lipinski definition) is 2. The Morgan fingerprint density at radius 2 is 2.00 bits per heavy atom. The zero-order chi connectivity index (χ0) is 13.8. The van der Waals surface area contributed by atoms with E-state index < -0.39 is 0 Å². The molecule has 4 unspecified atom stereocenters. The van der Waals surface area contributed by atoms with Crippen LogP contribution in [0.3, 0.4) is 0 Å². The Hall–Kier alpha value is -0.860. The highest BCUT2D eigenvalue weighted by atomic mass is 15.0. The molecule has 0 spiro atoms. The number of hydrogen-bond acceptors (Lipinski definition) is 2. The van der Waals surface area contributed by atoms with Crippen molar-refractivity contribution >= 4 is 0 Å². The summed E-state index contributed by atoms with van der Waals surface area (Å²) in [7, 11) is 0. The van der Waals surface area contributed by atoms with Crippen molar-refractivity contribution in [3.8, 4) is 0 Å². The lowest BCUT2D eigenvalue weighted by Crippen LogP contribution is -2.43. The van der Waals surface area contributed by atoms with Crippen LogP contribution in [0.1, 0.15) is 50.5 Å². The van der Waals surface area contributed by atoms with Gasteiger partial charge in [0, 0.05) is 18.6 Å². The number of benzene rings is 1. The lowest BCUT2D eigenvalue weighted by atomic mass is 9.92. The summed E-state index contributed by atoms with van der Waals surface area (Å²) in [5, 5.41) is 7.57. The maximum Gasteiger partial charge on any atom is 0.0111 e. The van der Waals surface area contributed by atoms with Gasteiger partial charge in [0.15, 0.2) is 0 Å². The Morgan fingerprint density at radius 1 is 1.15 bits per heavy atom. The summed E-state index contributed by atoms with van der Waals surface area (Å²) in [5.41, 5.74) is 1.45. The lowest BCUT2D eigenvalue weighted by Gasteiger charge is -2.28. The SMILES string of the molecule is CC(CNC1CCCC1C1CCCN1)c1ccccc1. The second kappa shape index (κ2) is 6.73.